The normalized spacial score (nSPS) is 15.5. The van der Waals surface area contributed by atoms with Gasteiger partial charge in [0.1, 0.15) is 10.3 Å². The standard InChI is InChI=1S/C15H18Cl2N2O/c1-15(2,19-14(17)9-8-13(16)18-19)11-20-10-12-6-4-3-5-7-12/h3-9,18H,10-11H2,1-2H3. The highest BCUT2D eigenvalue weighted by molar-refractivity contribution is 6.31. The second kappa shape index (κ2) is 6.53. The molecule has 1 N–H and O–H groups in total. The molecule has 0 spiro atoms. The van der Waals surface area contributed by atoms with Gasteiger partial charge in [-0.1, -0.05) is 53.5 Å². The smallest absolute Gasteiger partial charge is 0.124 e. The molecule has 108 valence electrons. The molecule has 0 aliphatic carbocycles. The summed E-state index contributed by atoms with van der Waals surface area (Å²) in [5.74, 6) is 0. The molecule has 0 aromatic heterocycles. The third-order valence-electron chi connectivity index (χ3n) is 2.97. The number of rotatable bonds is 5. The summed E-state index contributed by atoms with van der Waals surface area (Å²) in [4.78, 5) is 0. The first-order valence-corrected chi connectivity index (χ1v) is 7.16. The summed E-state index contributed by atoms with van der Waals surface area (Å²) in [7, 11) is 0. The fourth-order valence-corrected chi connectivity index (χ4v) is 2.39. The summed E-state index contributed by atoms with van der Waals surface area (Å²) in [6, 6.07) is 10.1. The second-order valence-electron chi connectivity index (χ2n) is 5.24. The van der Waals surface area contributed by atoms with Gasteiger partial charge in [-0.3, -0.25) is 10.4 Å². The van der Waals surface area contributed by atoms with E-state index < -0.39 is 0 Å². The fraction of sp³-hybridized carbons (Fsp3) is 0.333. The highest BCUT2D eigenvalue weighted by atomic mass is 35.5. The van der Waals surface area contributed by atoms with Crippen molar-refractivity contribution in [2.75, 3.05) is 6.61 Å². The Labute approximate surface area is 129 Å². The van der Waals surface area contributed by atoms with Crippen molar-refractivity contribution in [2.45, 2.75) is 26.0 Å². The third-order valence-corrected chi connectivity index (χ3v) is 3.48. The molecule has 1 heterocycles. The van der Waals surface area contributed by atoms with Crippen molar-refractivity contribution in [2.24, 2.45) is 0 Å². The van der Waals surface area contributed by atoms with E-state index in [1.807, 2.05) is 49.2 Å². The van der Waals surface area contributed by atoms with Gasteiger partial charge in [0.25, 0.3) is 0 Å². The maximum absolute atomic E-state index is 6.19. The van der Waals surface area contributed by atoms with Crippen LogP contribution in [0.4, 0.5) is 0 Å². The molecule has 0 amide bonds. The van der Waals surface area contributed by atoms with Crippen molar-refractivity contribution < 1.29 is 4.74 Å². The summed E-state index contributed by atoms with van der Waals surface area (Å²) < 4.78 is 5.79. The molecule has 5 heteroatoms. The second-order valence-corrected chi connectivity index (χ2v) is 6.04. The summed E-state index contributed by atoms with van der Waals surface area (Å²) in [5.41, 5.74) is 3.86. The van der Waals surface area contributed by atoms with Crippen LogP contribution in [0.5, 0.6) is 0 Å². The highest BCUT2D eigenvalue weighted by Gasteiger charge is 2.30. The van der Waals surface area contributed by atoms with Gasteiger partial charge in [-0.15, -0.1) is 0 Å². The maximum atomic E-state index is 6.19. The van der Waals surface area contributed by atoms with Crippen LogP contribution in [0.2, 0.25) is 0 Å². The number of halogens is 2. The van der Waals surface area contributed by atoms with Crippen molar-refractivity contribution >= 4 is 23.2 Å². The van der Waals surface area contributed by atoms with E-state index >= 15 is 0 Å². The predicted octanol–water partition coefficient (Wildman–Crippen LogP) is 3.96. The Balaban J connectivity index is 1.91. The lowest BCUT2D eigenvalue weighted by Gasteiger charge is -2.40. The lowest BCUT2D eigenvalue weighted by Crippen LogP contribution is -2.53. The van der Waals surface area contributed by atoms with Crippen LogP contribution < -0.4 is 5.43 Å². The first-order chi connectivity index (χ1) is 9.49. The number of hydrazine groups is 1. The van der Waals surface area contributed by atoms with Gasteiger partial charge in [0.2, 0.25) is 0 Å². The Morgan fingerprint density at radius 3 is 2.55 bits per heavy atom. The van der Waals surface area contributed by atoms with Gasteiger partial charge < -0.3 is 4.74 Å². The molecule has 0 atom stereocenters. The number of hydrogen-bond donors (Lipinski definition) is 1. The summed E-state index contributed by atoms with van der Waals surface area (Å²) >= 11 is 12.2. The van der Waals surface area contributed by atoms with Crippen molar-refractivity contribution in [3.8, 4) is 0 Å². The molecule has 0 bridgehead atoms. The van der Waals surface area contributed by atoms with Crippen LogP contribution in [0.15, 0.2) is 52.8 Å². The topological polar surface area (TPSA) is 24.5 Å². The minimum Gasteiger partial charge on any atom is -0.374 e. The van der Waals surface area contributed by atoms with Gasteiger partial charge in [0, 0.05) is 0 Å². The largest absolute Gasteiger partial charge is 0.374 e. The Kier molecular flexibility index (Phi) is 4.97. The Bertz CT molecular complexity index is 512. The first-order valence-electron chi connectivity index (χ1n) is 6.40. The number of benzene rings is 1. The number of nitrogens with one attached hydrogen (secondary N) is 1. The van der Waals surface area contributed by atoms with E-state index in [-0.39, 0.29) is 5.54 Å². The Morgan fingerprint density at radius 2 is 1.85 bits per heavy atom. The molecular weight excluding hydrogens is 295 g/mol. The van der Waals surface area contributed by atoms with E-state index in [0.29, 0.717) is 23.5 Å². The molecule has 0 fully saturated rings. The van der Waals surface area contributed by atoms with Crippen LogP contribution in [0.1, 0.15) is 19.4 Å². The summed E-state index contributed by atoms with van der Waals surface area (Å²) in [6.07, 6.45) is 3.49. The van der Waals surface area contributed by atoms with Crippen molar-refractivity contribution in [3.05, 3.63) is 58.4 Å². The van der Waals surface area contributed by atoms with E-state index in [0.717, 1.165) is 5.56 Å². The zero-order chi connectivity index (χ0) is 14.6. The van der Waals surface area contributed by atoms with Gasteiger partial charge in [0.15, 0.2) is 0 Å². The molecule has 0 saturated heterocycles. The maximum Gasteiger partial charge on any atom is 0.124 e. The van der Waals surface area contributed by atoms with Crippen LogP contribution in [0.25, 0.3) is 0 Å². The van der Waals surface area contributed by atoms with E-state index in [2.05, 4.69) is 5.43 Å². The van der Waals surface area contributed by atoms with Crippen LogP contribution >= 0.6 is 23.2 Å². The molecule has 1 aromatic carbocycles. The van der Waals surface area contributed by atoms with Gasteiger partial charge in [-0.25, -0.2) is 0 Å². The highest BCUT2D eigenvalue weighted by Crippen LogP contribution is 2.25. The van der Waals surface area contributed by atoms with Crippen LogP contribution in [-0.4, -0.2) is 17.2 Å². The lowest BCUT2D eigenvalue weighted by molar-refractivity contribution is 0.00796. The molecule has 0 radical (unpaired) electrons. The molecule has 2 rings (SSSR count). The van der Waals surface area contributed by atoms with Gasteiger partial charge in [0.05, 0.1) is 18.8 Å². The van der Waals surface area contributed by atoms with Crippen molar-refractivity contribution in [3.63, 3.8) is 0 Å². The fourth-order valence-electron chi connectivity index (χ4n) is 1.91. The molecule has 3 nitrogen and oxygen atoms in total. The first kappa shape index (κ1) is 15.2. The van der Waals surface area contributed by atoms with E-state index in [4.69, 9.17) is 27.9 Å². The Morgan fingerprint density at radius 1 is 1.15 bits per heavy atom. The predicted molar refractivity (Wildman–Crippen MR) is 83.0 cm³/mol. The molecule has 20 heavy (non-hydrogen) atoms. The van der Waals surface area contributed by atoms with E-state index in [1.54, 1.807) is 12.2 Å². The zero-order valence-electron chi connectivity index (χ0n) is 11.6. The van der Waals surface area contributed by atoms with Gasteiger partial charge in [-0.05, 0) is 31.6 Å². The number of allylic oxidation sites excluding steroid dienone is 2. The molecular formula is C15H18Cl2N2O. The number of hydrogen-bond acceptors (Lipinski definition) is 3. The zero-order valence-corrected chi connectivity index (χ0v) is 13.1. The van der Waals surface area contributed by atoms with Crippen LogP contribution in [-0.2, 0) is 11.3 Å². The average Bonchev–Trinajstić information content (AvgIpc) is 2.42. The van der Waals surface area contributed by atoms with Crippen LogP contribution in [0, 0.1) is 0 Å². The Hall–Kier alpha value is -1.16. The van der Waals surface area contributed by atoms with E-state index in [1.165, 1.54) is 0 Å². The van der Waals surface area contributed by atoms with Gasteiger partial charge in [-0.2, -0.15) is 0 Å². The monoisotopic (exact) mass is 312 g/mol. The van der Waals surface area contributed by atoms with Crippen LogP contribution in [0.3, 0.4) is 0 Å². The molecule has 0 saturated carbocycles. The molecule has 1 aliphatic heterocycles. The SMILES string of the molecule is CC(C)(COCc1ccccc1)N1NC(Cl)=CC=C1Cl. The molecule has 1 aliphatic rings. The quantitative estimate of drug-likeness (QED) is 0.833. The van der Waals surface area contributed by atoms with Crippen molar-refractivity contribution in [1.29, 1.82) is 0 Å². The average molecular weight is 313 g/mol. The summed E-state index contributed by atoms with van der Waals surface area (Å²) in [5, 5.41) is 2.93. The molecule has 0 unspecified atom stereocenters. The molecule has 1 aromatic rings. The third kappa shape index (κ3) is 3.92. The minimum absolute atomic E-state index is 0.323. The van der Waals surface area contributed by atoms with E-state index in [9.17, 15) is 0 Å². The number of nitrogens with zero attached hydrogens (tertiary/aromatic N) is 1. The van der Waals surface area contributed by atoms with Gasteiger partial charge >= 0.3 is 0 Å². The van der Waals surface area contributed by atoms with Crippen molar-refractivity contribution in [1.82, 2.24) is 10.4 Å². The summed E-state index contributed by atoms with van der Waals surface area (Å²) in [6.45, 7) is 5.17. The lowest BCUT2D eigenvalue weighted by atomic mass is 10.1. The minimum atomic E-state index is -0.323. The number of ether oxygens (including phenoxy) is 1.